The summed E-state index contributed by atoms with van der Waals surface area (Å²) in [5.74, 6) is -0.292. The van der Waals surface area contributed by atoms with Crippen LogP contribution >= 0.6 is 0 Å². The Bertz CT molecular complexity index is 272. The van der Waals surface area contributed by atoms with Gasteiger partial charge in [-0.2, -0.15) is 0 Å². The second kappa shape index (κ2) is 5.04. The molecule has 0 spiro atoms. The molecule has 2 aliphatic rings. The Balaban J connectivity index is 1.60. The van der Waals surface area contributed by atoms with Crippen molar-refractivity contribution in [3.05, 3.63) is 0 Å². The van der Waals surface area contributed by atoms with Crippen molar-refractivity contribution in [1.29, 1.82) is 0 Å². The van der Waals surface area contributed by atoms with Gasteiger partial charge in [0.25, 0.3) is 0 Å². The lowest BCUT2D eigenvalue weighted by molar-refractivity contribution is -0.170. The van der Waals surface area contributed by atoms with Gasteiger partial charge in [-0.15, -0.1) is 0 Å². The largest absolute Gasteiger partial charge is 0.469 e. The highest BCUT2D eigenvalue weighted by Gasteiger charge is 2.42. The minimum absolute atomic E-state index is 0.00137. The topological polar surface area (TPSA) is 61.8 Å². The molecule has 0 saturated heterocycles. The molecule has 5 heteroatoms. The molecule has 0 aromatic rings. The van der Waals surface area contributed by atoms with Crippen LogP contribution in [0.25, 0.3) is 0 Å². The summed E-state index contributed by atoms with van der Waals surface area (Å²) in [4.78, 5) is 22.3. The van der Waals surface area contributed by atoms with E-state index in [1.807, 2.05) is 0 Å². The molecule has 0 aromatic carbocycles. The average Bonchev–Trinajstić information content (AvgIpc) is 2.23. The van der Waals surface area contributed by atoms with Crippen LogP contribution in [0, 0.1) is 11.8 Å². The van der Waals surface area contributed by atoms with Crippen LogP contribution in [-0.2, 0) is 23.8 Å². The second-order valence-electron chi connectivity index (χ2n) is 4.76. The third kappa shape index (κ3) is 2.60. The van der Waals surface area contributed by atoms with Crippen molar-refractivity contribution in [3.8, 4) is 0 Å². The van der Waals surface area contributed by atoms with E-state index in [-0.39, 0.29) is 36.0 Å². The summed E-state index contributed by atoms with van der Waals surface area (Å²) in [7, 11) is 2.81. The number of methoxy groups -OCH3 is 2. The van der Waals surface area contributed by atoms with Crippen LogP contribution in [0.2, 0.25) is 0 Å². The van der Waals surface area contributed by atoms with E-state index in [4.69, 9.17) is 4.74 Å². The van der Waals surface area contributed by atoms with E-state index < -0.39 is 0 Å². The first-order valence-electron chi connectivity index (χ1n) is 5.95. The van der Waals surface area contributed by atoms with Gasteiger partial charge in [0.05, 0.1) is 38.3 Å². The Morgan fingerprint density at radius 1 is 0.824 bits per heavy atom. The lowest BCUT2D eigenvalue weighted by atomic mass is 9.79. The number of carbonyl (C=O) groups is 2. The molecule has 0 bridgehead atoms. The summed E-state index contributed by atoms with van der Waals surface area (Å²) >= 11 is 0. The summed E-state index contributed by atoms with van der Waals surface area (Å²) < 4.78 is 15.1. The summed E-state index contributed by atoms with van der Waals surface area (Å²) in [6.45, 7) is 0. The zero-order valence-corrected chi connectivity index (χ0v) is 10.2. The number of hydrogen-bond donors (Lipinski definition) is 0. The predicted molar refractivity (Wildman–Crippen MR) is 58.1 cm³/mol. The molecule has 0 aliphatic heterocycles. The molecule has 0 atom stereocenters. The van der Waals surface area contributed by atoms with Gasteiger partial charge in [0.2, 0.25) is 0 Å². The van der Waals surface area contributed by atoms with E-state index in [0.717, 1.165) is 25.7 Å². The molecule has 0 unspecified atom stereocenters. The third-order valence-corrected chi connectivity index (χ3v) is 3.64. The number of ether oxygens (including phenoxy) is 3. The van der Waals surface area contributed by atoms with Crippen LogP contribution in [0.1, 0.15) is 25.7 Å². The maximum Gasteiger partial charge on any atom is 0.308 e. The van der Waals surface area contributed by atoms with Crippen molar-refractivity contribution in [2.45, 2.75) is 37.9 Å². The number of rotatable bonds is 4. The summed E-state index contributed by atoms with van der Waals surface area (Å²) in [5, 5.41) is 0. The quantitative estimate of drug-likeness (QED) is 0.686. The maximum atomic E-state index is 11.2. The van der Waals surface area contributed by atoms with Crippen LogP contribution in [0.3, 0.4) is 0 Å². The molecular formula is C12H18O5. The monoisotopic (exact) mass is 242 g/mol. The van der Waals surface area contributed by atoms with Gasteiger partial charge in [-0.1, -0.05) is 0 Å². The normalized spacial score (nSPS) is 35.4. The molecule has 2 saturated carbocycles. The van der Waals surface area contributed by atoms with Crippen molar-refractivity contribution in [1.82, 2.24) is 0 Å². The van der Waals surface area contributed by atoms with Crippen molar-refractivity contribution in [2.75, 3.05) is 14.2 Å². The van der Waals surface area contributed by atoms with Gasteiger partial charge in [-0.3, -0.25) is 9.59 Å². The highest BCUT2D eigenvalue weighted by molar-refractivity contribution is 5.74. The zero-order chi connectivity index (χ0) is 12.4. The van der Waals surface area contributed by atoms with Crippen LogP contribution in [-0.4, -0.2) is 38.4 Å². The molecule has 0 aromatic heterocycles. The molecule has 0 heterocycles. The van der Waals surface area contributed by atoms with Crippen molar-refractivity contribution in [2.24, 2.45) is 11.8 Å². The fourth-order valence-corrected chi connectivity index (χ4v) is 2.34. The molecule has 0 N–H and O–H groups in total. The number of esters is 2. The van der Waals surface area contributed by atoms with Crippen molar-refractivity contribution < 1.29 is 23.8 Å². The fraction of sp³-hybridized carbons (Fsp3) is 0.833. The second-order valence-corrected chi connectivity index (χ2v) is 4.76. The minimum Gasteiger partial charge on any atom is -0.469 e. The SMILES string of the molecule is COC(=O)C1CC(OC2CC(C(=O)OC)C2)C1. The highest BCUT2D eigenvalue weighted by atomic mass is 16.5. The summed E-state index contributed by atoms with van der Waals surface area (Å²) in [6, 6.07) is 0. The van der Waals surface area contributed by atoms with Gasteiger partial charge in [-0.25, -0.2) is 0 Å². The van der Waals surface area contributed by atoms with Gasteiger partial charge in [0.15, 0.2) is 0 Å². The molecule has 17 heavy (non-hydrogen) atoms. The Hall–Kier alpha value is -1.10. The van der Waals surface area contributed by atoms with Crippen molar-refractivity contribution in [3.63, 3.8) is 0 Å². The molecular weight excluding hydrogens is 224 g/mol. The third-order valence-electron chi connectivity index (χ3n) is 3.64. The standard InChI is InChI=1S/C12H18O5/c1-15-11(13)7-3-9(4-7)17-10-5-8(6-10)12(14)16-2/h7-10H,3-6H2,1-2H3. The van der Waals surface area contributed by atoms with E-state index >= 15 is 0 Å². The highest BCUT2D eigenvalue weighted by Crippen LogP contribution is 2.37. The maximum absolute atomic E-state index is 11.2. The first kappa shape index (κ1) is 12.4. The van der Waals surface area contributed by atoms with Crippen molar-refractivity contribution >= 4 is 11.9 Å². The Kier molecular flexibility index (Phi) is 3.66. The van der Waals surface area contributed by atoms with Gasteiger partial charge in [0, 0.05) is 0 Å². The zero-order valence-electron chi connectivity index (χ0n) is 10.2. The molecule has 2 fully saturated rings. The molecule has 2 aliphatic carbocycles. The Morgan fingerprint density at radius 2 is 1.18 bits per heavy atom. The van der Waals surface area contributed by atoms with Gasteiger partial charge >= 0.3 is 11.9 Å². The molecule has 96 valence electrons. The minimum atomic E-state index is -0.147. The van der Waals surface area contributed by atoms with E-state index in [1.165, 1.54) is 14.2 Å². The van der Waals surface area contributed by atoms with E-state index in [0.29, 0.717) is 0 Å². The Morgan fingerprint density at radius 3 is 1.47 bits per heavy atom. The molecule has 5 nitrogen and oxygen atoms in total. The lowest BCUT2D eigenvalue weighted by Gasteiger charge is -2.40. The predicted octanol–water partition coefficient (Wildman–Crippen LogP) is 0.906. The lowest BCUT2D eigenvalue weighted by Crippen LogP contribution is -2.44. The molecule has 0 radical (unpaired) electrons. The van der Waals surface area contributed by atoms with Gasteiger partial charge in [0.1, 0.15) is 0 Å². The van der Waals surface area contributed by atoms with E-state index in [9.17, 15) is 9.59 Å². The summed E-state index contributed by atoms with van der Waals surface area (Å²) in [5.41, 5.74) is 0. The van der Waals surface area contributed by atoms with Crippen LogP contribution < -0.4 is 0 Å². The average molecular weight is 242 g/mol. The van der Waals surface area contributed by atoms with Crippen LogP contribution in [0.4, 0.5) is 0 Å². The fourth-order valence-electron chi connectivity index (χ4n) is 2.34. The molecule has 2 rings (SSSR count). The first-order chi connectivity index (χ1) is 8.13. The number of hydrogen-bond acceptors (Lipinski definition) is 5. The van der Waals surface area contributed by atoms with E-state index in [2.05, 4.69) is 9.47 Å². The first-order valence-corrected chi connectivity index (χ1v) is 5.95. The van der Waals surface area contributed by atoms with Gasteiger partial charge in [-0.05, 0) is 25.7 Å². The number of carbonyl (C=O) groups excluding carboxylic acids is 2. The molecule has 0 amide bonds. The van der Waals surface area contributed by atoms with Crippen LogP contribution in [0.15, 0.2) is 0 Å². The Labute approximate surface area is 100 Å². The van der Waals surface area contributed by atoms with Crippen LogP contribution in [0.5, 0.6) is 0 Å². The van der Waals surface area contributed by atoms with Gasteiger partial charge < -0.3 is 14.2 Å². The smallest absolute Gasteiger partial charge is 0.308 e. The summed E-state index contributed by atoms with van der Waals surface area (Å²) in [6.07, 6.45) is 3.28. The van der Waals surface area contributed by atoms with E-state index in [1.54, 1.807) is 0 Å².